The van der Waals surface area contributed by atoms with Gasteiger partial charge in [0.1, 0.15) is 23.0 Å². The second-order valence-corrected chi connectivity index (χ2v) is 7.15. The van der Waals surface area contributed by atoms with Gasteiger partial charge in [0.25, 0.3) is 0 Å². The molecule has 0 spiro atoms. The molecule has 8 nitrogen and oxygen atoms in total. The van der Waals surface area contributed by atoms with Gasteiger partial charge in [0.05, 0.1) is 0 Å². The largest absolute Gasteiger partial charge is 0.462 e. The van der Waals surface area contributed by atoms with E-state index >= 15 is 0 Å². The first-order valence-electron chi connectivity index (χ1n) is 9.73. The minimum absolute atomic E-state index is 0.149. The number of ether oxygens (including phenoxy) is 2. The van der Waals surface area contributed by atoms with Gasteiger partial charge < -0.3 is 18.3 Å². The van der Waals surface area contributed by atoms with Gasteiger partial charge in [0, 0.05) is 23.3 Å². The summed E-state index contributed by atoms with van der Waals surface area (Å²) < 4.78 is 21.4. The Morgan fingerprint density at radius 2 is 1.03 bits per heavy atom. The molecule has 2 aromatic heterocycles. The van der Waals surface area contributed by atoms with Crippen molar-refractivity contribution >= 4 is 35.9 Å². The number of benzene rings is 1. The van der Waals surface area contributed by atoms with Gasteiger partial charge in [-0.1, -0.05) is 0 Å². The number of hydrogen-bond acceptors (Lipinski definition) is 8. The van der Waals surface area contributed by atoms with Gasteiger partial charge in [-0.15, -0.1) is 0 Å². The molecule has 0 bridgehead atoms. The molecule has 0 amide bonds. The molecule has 0 fully saturated rings. The van der Waals surface area contributed by atoms with E-state index in [4.69, 9.17) is 18.3 Å². The van der Waals surface area contributed by atoms with E-state index in [9.17, 15) is 9.59 Å². The van der Waals surface area contributed by atoms with Crippen molar-refractivity contribution in [3.8, 4) is 0 Å². The maximum absolute atomic E-state index is 12.1. The monoisotopic (exact) mass is 428 g/mol. The van der Waals surface area contributed by atoms with Crippen LogP contribution in [0.4, 0.5) is 0 Å². The molecule has 0 unspecified atom stereocenters. The molecule has 4 heterocycles. The topological polar surface area (TPSA) is 104 Å². The lowest BCUT2D eigenvalue weighted by Gasteiger charge is -2.02. The van der Waals surface area contributed by atoms with Crippen molar-refractivity contribution in [3.63, 3.8) is 0 Å². The molecule has 0 aliphatic carbocycles. The fourth-order valence-corrected chi connectivity index (χ4v) is 3.15. The summed E-state index contributed by atoms with van der Waals surface area (Å²) in [7, 11) is 0. The Morgan fingerprint density at radius 1 is 0.625 bits per heavy atom. The molecule has 0 saturated heterocycles. The van der Waals surface area contributed by atoms with Crippen molar-refractivity contribution in [2.45, 2.75) is 13.8 Å². The van der Waals surface area contributed by atoms with Crippen molar-refractivity contribution in [3.05, 3.63) is 94.1 Å². The molecule has 2 aliphatic rings. The SMILES string of the molecule is Cc1ccc(/C=C2/N=C(c3ccc(C4=N/C(=C/c5ccc(C)o5)C(=O)O4)cc3)OC2=O)o1. The lowest BCUT2D eigenvalue weighted by atomic mass is 10.1. The predicted molar refractivity (Wildman–Crippen MR) is 115 cm³/mol. The molecule has 3 aromatic rings. The summed E-state index contributed by atoms with van der Waals surface area (Å²) in [6, 6.07) is 13.9. The van der Waals surface area contributed by atoms with Gasteiger partial charge in [-0.05, 0) is 62.4 Å². The highest BCUT2D eigenvalue weighted by Gasteiger charge is 2.27. The fraction of sp³-hybridized carbons (Fsp3) is 0.0833. The van der Waals surface area contributed by atoms with Crippen LogP contribution in [0.5, 0.6) is 0 Å². The molecule has 158 valence electrons. The molecule has 5 rings (SSSR count). The number of furan rings is 2. The van der Waals surface area contributed by atoms with Gasteiger partial charge in [0.2, 0.25) is 11.8 Å². The van der Waals surface area contributed by atoms with E-state index in [0.29, 0.717) is 22.6 Å². The van der Waals surface area contributed by atoms with E-state index in [1.807, 2.05) is 13.8 Å². The molecule has 32 heavy (non-hydrogen) atoms. The Kier molecular flexibility index (Phi) is 4.67. The number of hydrogen-bond donors (Lipinski definition) is 0. The molecular formula is C24H16N2O6. The highest BCUT2D eigenvalue weighted by Crippen LogP contribution is 2.23. The van der Waals surface area contributed by atoms with E-state index in [1.54, 1.807) is 48.5 Å². The van der Waals surface area contributed by atoms with Crippen molar-refractivity contribution in [2.24, 2.45) is 9.98 Å². The lowest BCUT2D eigenvalue weighted by Crippen LogP contribution is -2.07. The molecule has 0 N–H and O–H groups in total. The number of esters is 2. The second kappa shape index (κ2) is 7.66. The zero-order chi connectivity index (χ0) is 22.2. The smallest absolute Gasteiger partial charge is 0.363 e. The van der Waals surface area contributed by atoms with E-state index < -0.39 is 11.9 Å². The Morgan fingerprint density at radius 3 is 1.38 bits per heavy atom. The van der Waals surface area contributed by atoms with Crippen LogP contribution in [0.1, 0.15) is 34.2 Å². The average Bonchev–Trinajstić information content (AvgIpc) is 3.54. The zero-order valence-corrected chi connectivity index (χ0v) is 17.1. The maximum Gasteiger partial charge on any atom is 0.363 e. The third-order valence-corrected chi connectivity index (χ3v) is 4.70. The normalized spacial score (nSPS) is 18.2. The minimum Gasteiger partial charge on any atom is -0.462 e. The zero-order valence-electron chi connectivity index (χ0n) is 17.1. The number of carbonyl (C=O) groups excluding carboxylic acids is 2. The van der Waals surface area contributed by atoms with Crippen molar-refractivity contribution in [2.75, 3.05) is 0 Å². The van der Waals surface area contributed by atoms with Crippen LogP contribution in [0.25, 0.3) is 12.2 Å². The van der Waals surface area contributed by atoms with E-state index in [2.05, 4.69) is 9.98 Å². The van der Waals surface area contributed by atoms with E-state index in [1.165, 1.54) is 12.2 Å². The van der Waals surface area contributed by atoms with Gasteiger partial charge in [-0.2, -0.15) is 0 Å². The summed E-state index contributed by atoms with van der Waals surface area (Å²) in [5.41, 5.74) is 1.48. The van der Waals surface area contributed by atoms with Crippen LogP contribution in [0.2, 0.25) is 0 Å². The van der Waals surface area contributed by atoms with E-state index in [0.717, 1.165) is 11.5 Å². The van der Waals surface area contributed by atoms with Crippen LogP contribution in [-0.2, 0) is 19.1 Å². The highest BCUT2D eigenvalue weighted by atomic mass is 16.6. The first-order chi connectivity index (χ1) is 15.4. The molecule has 1 aromatic carbocycles. The summed E-state index contributed by atoms with van der Waals surface area (Å²) in [6.45, 7) is 3.63. The molecule has 0 saturated carbocycles. The minimum atomic E-state index is -0.560. The summed E-state index contributed by atoms with van der Waals surface area (Å²) in [5, 5.41) is 0. The number of aryl methyl sites for hydroxylation is 2. The quantitative estimate of drug-likeness (QED) is 0.456. The Labute approximate surface area is 182 Å². The van der Waals surface area contributed by atoms with Crippen molar-refractivity contribution < 1.29 is 27.9 Å². The lowest BCUT2D eigenvalue weighted by molar-refractivity contribution is -0.130. The second-order valence-electron chi connectivity index (χ2n) is 7.15. The van der Waals surface area contributed by atoms with Crippen LogP contribution < -0.4 is 0 Å². The first-order valence-corrected chi connectivity index (χ1v) is 9.73. The number of cyclic esters (lactones) is 2. The molecule has 0 radical (unpaired) electrons. The summed E-state index contributed by atoms with van der Waals surface area (Å²) in [5.74, 6) is 1.73. The number of carbonyl (C=O) groups is 2. The third-order valence-electron chi connectivity index (χ3n) is 4.70. The van der Waals surface area contributed by atoms with Crippen molar-refractivity contribution in [1.29, 1.82) is 0 Å². The van der Waals surface area contributed by atoms with E-state index in [-0.39, 0.29) is 23.2 Å². The van der Waals surface area contributed by atoms with Crippen LogP contribution in [-0.4, -0.2) is 23.7 Å². The van der Waals surface area contributed by atoms with Crippen LogP contribution in [0.3, 0.4) is 0 Å². The Bertz CT molecular complexity index is 1260. The van der Waals surface area contributed by atoms with Crippen LogP contribution in [0, 0.1) is 13.8 Å². The highest BCUT2D eigenvalue weighted by molar-refractivity contribution is 6.14. The van der Waals surface area contributed by atoms with Gasteiger partial charge in [0.15, 0.2) is 11.4 Å². The standard InChI is InChI=1S/C24H16N2O6/c1-13-3-9-17(29-13)11-19-23(27)31-21(25-19)15-5-7-16(8-6-15)22-26-20(24(28)32-22)12-18-10-4-14(2)30-18/h3-12H,1-2H3/b19-11+,20-12+. The number of nitrogens with zero attached hydrogens (tertiary/aromatic N) is 2. The average molecular weight is 428 g/mol. The van der Waals surface area contributed by atoms with Gasteiger partial charge in [-0.25, -0.2) is 19.6 Å². The fourth-order valence-electron chi connectivity index (χ4n) is 3.15. The molecule has 2 aliphatic heterocycles. The van der Waals surface area contributed by atoms with Gasteiger partial charge >= 0.3 is 11.9 Å². The third kappa shape index (κ3) is 3.81. The molecule has 0 atom stereocenters. The molecular weight excluding hydrogens is 412 g/mol. The van der Waals surface area contributed by atoms with Crippen molar-refractivity contribution in [1.82, 2.24) is 0 Å². The summed E-state index contributed by atoms with van der Waals surface area (Å²) >= 11 is 0. The summed E-state index contributed by atoms with van der Waals surface area (Å²) in [4.78, 5) is 32.8. The Hall–Kier alpha value is -4.46. The number of rotatable bonds is 4. The molecule has 8 heteroatoms. The van der Waals surface area contributed by atoms with Gasteiger partial charge in [-0.3, -0.25) is 0 Å². The first kappa shape index (κ1) is 19.5. The Balaban J connectivity index is 1.36. The summed E-state index contributed by atoms with van der Waals surface area (Å²) in [6.07, 6.45) is 3.05. The predicted octanol–water partition coefficient (Wildman–Crippen LogP) is 4.18. The van der Waals surface area contributed by atoms with Crippen LogP contribution >= 0.6 is 0 Å². The number of aliphatic imine (C=N–C) groups is 2. The van der Waals surface area contributed by atoms with Crippen LogP contribution in [0.15, 0.2) is 78.7 Å². The maximum atomic E-state index is 12.1.